The number of hydrogen-bond donors (Lipinski definition) is 1. The molecule has 1 amide bonds. The maximum absolute atomic E-state index is 10.9. The maximum atomic E-state index is 10.9. The van der Waals surface area contributed by atoms with E-state index in [1.807, 2.05) is 0 Å². The number of carbonyl (C=O) groups excluding carboxylic acids is 1. The first-order valence-corrected chi connectivity index (χ1v) is 5.64. The Labute approximate surface area is 87.5 Å². The number of amides is 1. The Morgan fingerprint density at radius 2 is 2.00 bits per heavy atom. The smallest absolute Gasteiger partial charge is 0.217 e. The first kappa shape index (κ1) is 11.5. The number of nitrogens with one attached hydrogen (secondary N) is 1. The largest absolute Gasteiger partial charge is 0.354 e. The molecule has 0 radical (unpaired) electrons. The van der Waals surface area contributed by atoms with Gasteiger partial charge in [-0.25, -0.2) is 0 Å². The summed E-state index contributed by atoms with van der Waals surface area (Å²) in [4.78, 5) is 10.9. The van der Waals surface area contributed by atoms with Crippen molar-refractivity contribution >= 4 is 5.91 Å². The fourth-order valence-corrected chi connectivity index (χ4v) is 2.54. The zero-order valence-corrected chi connectivity index (χ0v) is 9.89. The summed E-state index contributed by atoms with van der Waals surface area (Å²) < 4.78 is 0. The molecule has 2 unspecified atom stereocenters. The lowest BCUT2D eigenvalue weighted by atomic mass is 9.84. The van der Waals surface area contributed by atoms with Crippen molar-refractivity contribution in [2.75, 3.05) is 0 Å². The van der Waals surface area contributed by atoms with Crippen molar-refractivity contribution < 1.29 is 4.79 Å². The fraction of sp³-hybridized carbons (Fsp3) is 0.917. The molecule has 0 aromatic heterocycles. The van der Waals surface area contributed by atoms with Crippen molar-refractivity contribution in [2.45, 2.75) is 59.4 Å². The number of hydrogen-bond acceptors (Lipinski definition) is 1. The van der Waals surface area contributed by atoms with Gasteiger partial charge in [-0.05, 0) is 37.0 Å². The molecule has 1 aliphatic carbocycles. The molecule has 0 saturated heterocycles. The molecule has 1 aliphatic rings. The molecule has 1 fully saturated rings. The molecule has 2 nitrogen and oxygen atoms in total. The van der Waals surface area contributed by atoms with Gasteiger partial charge in [-0.15, -0.1) is 0 Å². The highest BCUT2D eigenvalue weighted by Gasteiger charge is 2.28. The molecular weight excluding hydrogens is 174 g/mol. The van der Waals surface area contributed by atoms with E-state index >= 15 is 0 Å². The minimum absolute atomic E-state index is 0.117. The fourth-order valence-electron chi connectivity index (χ4n) is 2.54. The zero-order chi connectivity index (χ0) is 10.8. The van der Waals surface area contributed by atoms with Crippen LogP contribution >= 0.6 is 0 Å². The molecule has 0 bridgehead atoms. The summed E-state index contributed by atoms with van der Waals surface area (Å²) >= 11 is 0. The van der Waals surface area contributed by atoms with E-state index in [0.717, 1.165) is 5.92 Å². The maximum Gasteiger partial charge on any atom is 0.217 e. The highest BCUT2D eigenvalue weighted by molar-refractivity contribution is 5.73. The Morgan fingerprint density at radius 3 is 2.50 bits per heavy atom. The quantitative estimate of drug-likeness (QED) is 0.724. The molecule has 2 heteroatoms. The summed E-state index contributed by atoms with van der Waals surface area (Å²) in [6.07, 6.45) is 4.91. The first-order valence-electron chi connectivity index (χ1n) is 5.64. The molecule has 1 saturated carbocycles. The monoisotopic (exact) mass is 197 g/mol. The molecule has 2 atom stereocenters. The average molecular weight is 197 g/mol. The standard InChI is InChI=1S/C12H23NO/c1-9(14)13-11-6-5-10(7-11)8-12(2,3)4/h10-11H,5-8H2,1-4H3,(H,13,14). The van der Waals surface area contributed by atoms with Crippen molar-refractivity contribution in [1.29, 1.82) is 0 Å². The Morgan fingerprint density at radius 1 is 1.36 bits per heavy atom. The van der Waals surface area contributed by atoms with Crippen molar-refractivity contribution in [2.24, 2.45) is 11.3 Å². The van der Waals surface area contributed by atoms with E-state index in [1.54, 1.807) is 6.92 Å². The van der Waals surface area contributed by atoms with E-state index in [-0.39, 0.29) is 5.91 Å². The third-order valence-corrected chi connectivity index (χ3v) is 2.85. The minimum atomic E-state index is 0.117. The topological polar surface area (TPSA) is 29.1 Å². The van der Waals surface area contributed by atoms with Crippen LogP contribution in [-0.2, 0) is 4.79 Å². The predicted octanol–water partition coefficient (Wildman–Crippen LogP) is 2.73. The lowest BCUT2D eigenvalue weighted by Gasteiger charge is -2.22. The van der Waals surface area contributed by atoms with Gasteiger partial charge in [0.15, 0.2) is 0 Å². The highest BCUT2D eigenvalue weighted by atomic mass is 16.1. The van der Waals surface area contributed by atoms with Crippen LogP contribution in [0, 0.1) is 11.3 Å². The molecule has 82 valence electrons. The summed E-state index contributed by atoms with van der Waals surface area (Å²) in [7, 11) is 0. The van der Waals surface area contributed by atoms with Crippen molar-refractivity contribution in [3.05, 3.63) is 0 Å². The molecule has 1 N–H and O–H groups in total. The third-order valence-electron chi connectivity index (χ3n) is 2.85. The summed E-state index contributed by atoms with van der Waals surface area (Å²) in [5.74, 6) is 0.929. The van der Waals surface area contributed by atoms with Crippen LogP contribution in [0.2, 0.25) is 0 Å². The van der Waals surface area contributed by atoms with E-state index in [1.165, 1.54) is 25.7 Å². The van der Waals surface area contributed by atoms with Crippen LogP contribution < -0.4 is 5.32 Å². The van der Waals surface area contributed by atoms with Gasteiger partial charge >= 0.3 is 0 Å². The van der Waals surface area contributed by atoms with E-state index in [4.69, 9.17) is 0 Å². The van der Waals surface area contributed by atoms with Gasteiger partial charge < -0.3 is 5.32 Å². The summed E-state index contributed by atoms with van der Waals surface area (Å²) in [5, 5.41) is 3.02. The normalized spacial score (nSPS) is 27.7. The molecular formula is C12H23NO. The first-order chi connectivity index (χ1) is 6.37. The molecule has 14 heavy (non-hydrogen) atoms. The summed E-state index contributed by atoms with van der Waals surface area (Å²) in [6.45, 7) is 8.48. The van der Waals surface area contributed by atoms with Gasteiger partial charge in [-0.1, -0.05) is 20.8 Å². The summed E-state index contributed by atoms with van der Waals surface area (Å²) in [6, 6.07) is 0.444. The second kappa shape index (κ2) is 4.33. The van der Waals surface area contributed by atoms with Crippen LogP contribution in [0.4, 0.5) is 0 Å². The predicted molar refractivity (Wildman–Crippen MR) is 59.0 cm³/mol. The SMILES string of the molecule is CC(=O)NC1CCC(CC(C)(C)C)C1. The molecule has 0 aliphatic heterocycles. The minimum Gasteiger partial charge on any atom is -0.354 e. The lowest BCUT2D eigenvalue weighted by Crippen LogP contribution is -2.30. The van der Waals surface area contributed by atoms with Crippen LogP contribution in [0.15, 0.2) is 0 Å². The zero-order valence-electron chi connectivity index (χ0n) is 9.89. The Kier molecular flexibility index (Phi) is 3.57. The van der Waals surface area contributed by atoms with Gasteiger partial charge in [0.2, 0.25) is 5.91 Å². The van der Waals surface area contributed by atoms with Crippen molar-refractivity contribution in [3.63, 3.8) is 0 Å². The van der Waals surface area contributed by atoms with Crippen LogP contribution in [0.5, 0.6) is 0 Å². The van der Waals surface area contributed by atoms with E-state index in [2.05, 4.69) is 26.1 Å². The molecule has 0 aromatic carbocycles. The van der Waals surface area contributed by atoms with Gasteiger partial charge in [0, 0.05) is 13.0 Å². The van der Waals surface area contributed by atoms with Crippen molar-refractivity contribution in [1.82, 2.24) is 5.32 Å². The van der Waals surface area contributed by atoms with Gasteiger partial charge in [0.05, 0.1) is 0 Å². The molecule has 1 rings (SSSR count). The lowest BCUT2D eigenvalue weighted by molar-refractivity contribution is -0.119. The molecule has 0 aromatic rings. The van der Waals surface area contributed by atoms with E-state index < -0.39 is 0 Å². The Bertz CT molecular complexity index is 205. The van der Waals surface area contributed by atoms with Crippen LogP contribution in [0.3, 0.4) is 0 Å². The van der Waals surface area contributed by atoms with Gasteiger partial charge in [0.25, 0.3) is 0 Å². The van der Waals surface area contributed by atoms with Crippen LogP contribution in [-0.4, -0.2) is 11.9 Å². The molecule has 0 spiro atoms. The summed E-state index contributed by atoms with van der Waals surface area (Å²) in [5.41, 5.74) is 0.426. The van der Waals surface area contributed by atoms with Gasteiger partial charge in [-0.2, -0.15) is 0 Å². The number of carbonyl (C=O) groups is 1. The molecule has 0 heterocycles. The number of rotatable bonds is 2. The van der Waals surface area contributed by atoms with Gasteiger partial charge in [-0.3, -0.25) is 4.79 Å². The highest BCUT2D eigenvalue weighted by Crippen LogP contribution is 2.35. The van der Waals surface area contributed by atoms with Gasteiger partial charge in [0.1, 0.15) is 0 Å². The average Bonchev–Trinajstić information content (AvgIpc) is 2.30. The second-order valence-corrected chi connectivity index (χ2v) is 5.84. The third kappa shape index (κ3) is 4.12. The Hall–Kier alpha value is -0.530. The van der Waals surface area contributed by atoms with Crippen molar-refractivity contribution in [3.8, 4) is 0 Å². The second-order valence-electron chi connectivity index (χ2n) is 5.84. The van der Waals surface area contributed by atoms with Crippen LogP contribution in [0.25, 0.3) is 0 Å². The van der Waals surface area contributed by atoms with Crippen LogP contribution in [0.1, 0.15) is 53.4 Å². The van der Waals surface area contributed by atoms with E-state index in [9.17, 15) is 4.79 Å². The Balaban J connectivity index is 2.31. The van der Waals surface area contributed by atoms with E-state index in [0.29, 0.717) is 11.5 Å².